The number of hydrogen-bond acceptors (Lipinski definition) is 6. The van der Waals surface area contributed by atoms with Gasteiger partial charge >= 0.3 is 5.97 Å². The maximum atomic E-state index is 12.2. The minimum Gasteiger partial charge on any atom is -0.458 e. The summed E-state index contributed by atoms with van der Waals surface area (Å²) in [5.41, 5.74) is 1.88. The average molecular weight is 376 g/mol. The molecule has 3 heterocycles. The molecule has 4 aromatic rings. The molecular formula is C20H16N4O4. The van der Waals surface area contributed by atoms with E-state index in [-0.39, 0.29) is 24.1 Å². The summed E-state index contributed by atoms with van der Waals surface area (Å²) in [5, 5.41) is 4.48. The second kappa shape index (κ2) is 7.07. The maximum absolute atomic E-state index is 12.2. The summed E-state index contributed by atoms with van der Waals surface area (Å²) >= 11 is 0. The van der Waals surface area contributed by atoms with E-state index in [4.69, 9.17) is 4.74 Å². The first-order chi connectivity index (χ1) is 13.5. The number of aryl methyl sites for hydroxylation is 1. The van der Waals surface area contributed by atoms with Gasteiger partial charge in [-0.25, -0.2) is 4.98 Å². The van der Waals surface area contributed by atoms with Gasteiger partial charge in [-0.3, -0.25) is 23.5 Å². The van der Waals surface area contributed by atoms with E-state index in [1.165, 1.54) is 21.3 Å². The highest BCUT2D eigenvalue weighted by Gasteiger charge is 2.10. The van der Waals surface area contributed by atoms with Gasteiger partial charge in [0.15, 0.2) is 0 Å². The van der Waals surface area contributed by atoms with Crippen molar-refractivity contribution in [3.8, 4) is 0 Å². The van der Waals surface area contributed by atoms with Gasteiger partial charge in [-0.15, -0.1) is 0 Å². The van der Waals surface area contributed by atoms with E-state index in [1.807, 2.05) is 13.0 Å². The topological polar surface area (TPSA) is 95.6 Å². The van der Waals surface area contributed by atoms with Crippen molar-refractivity contribution in [3.63, 3.8) is 0 Å². The standard InChI is InChI=1S/C20H16N4O4/c1-13-6-7-18-22-14(8-19(26)23(18)10-13)12-28-20(27)11-24-16-5-3-2-4-15(16)17(25)9-21-24/h2-10H,11-12H2,1H3. The van der Waals surface area contributed by atoms with Gasteiger partial charge in [-0.2, -0.15) is 5.10 Å². The van der Waals surface area contributed by atoms with Crippen LogP contribution in [0.25, 0.3) is 16.6 Å². The number of carbonyl (C=O) groups is 1. The number of para-hydroxylation sites is 1. The molecule has 3 aromatic heterocycles. The molecule has 8 nitrogen and oxygen atoms in total. The molecule has 0 saturated heterocycles. The van der Waals surface area contributed by atoms with Crippen molar-refractivity contribution in [2.45, 2.75) is 20.1 Å². The fraction of sp³-hybridized carbons (Fsp3) is 0.150. The van der Waals surface area contributed by atoms with Gasteiger partial charge < -0.3 is 4.74 Å². The molecule has 0 unspecified atom stereocenters. The third-order valence-electron chi connectivity index (χ3n) is 4.28. The van der Waals surface area contributed by atoms with Crippen LogP contribution in [0.3, 0.4) is 0 Å². The third-order valence-corrected chi connectivity index (χ3v) is 4.28. The monoisotopic (exact) mass is 376 g/mol. The van der Waals surface area contributed by atoms with Crippen LogP contribution in [0.4, 0.5) is 0 Å². The fourth-order valence-electron chi connectivity index (χ4n) is 2.94. The lowest BCUT2D eigenvalue weighted by Gasteiger charge is -2.09. The highest BCUT2D eigenvalue weighted by molar-refractivity contribution is 5.79. The Kier molecular flexibility index (Phi) is 4.44. The summed E-state index contributed by atoms with van der Waals surface area (Å²) in [6.45, 7) is 1.60. The van der Waals surface area contributed by atoms with Crippen LogP contribution in [0, 0.1) is 6.92 Å². The predicted molar refractivity (Wildman–Crippen MR) is 102 cm³/mol. The fourth-order valence-corrected chi connectivity index (χ4v) is 2.94. The van der Waals surface area contributed by atoms with Crippen molar-refractivity contribution < 1.29 is 9.53 Å². The highest BCUT2D eigenvalue weighted by atomic mass is 16.5. The largest absolute Gasteiger partial charge is 0.458 e. The zero-order valence-electron chi connectivity index (χ0n) is 15.0. The van der Waals surface area contributed by atoms with Gasteiger partial charge in [0.25, 0.3) is 5.56 Å². The van der Waals surface area contributed by atoms with E-state index in [9.17, 15) is 14.4 Å². The van der Waals surface area contributed by atoms with Gasteiger partial charge in [0.2, 0.25) is 5.43 Å². The number of nitrogens with zero attached hydrogens (tertiary/aromatic N) is 4. The second-order valence-electron chi connectivity index (χ2n) is 6.36. The van der Waals surface area contributed by atoms with E-state index < -0.39 is 5.97 Å². The predicted octanol–water partition coefficient (Wildman–Crippen LogP) is 1.46. The number of hydrogen-bond donors (Lipinski definition) is 0. The Morgan fingerprint density at radius 3 is 2.82 bits per heavy atom. The van der Waals surface area contributed by atoms with Crippen LogP contribution in [-0.4, -0.2) is 25.1 Å². The Morgan fingerprint density at radius 1 is 1.14 bits per heavy atom. The molecule has 0 bridgehead atoms. The molecule has 0 amide bonds. The first-order valence-corrected chi connectivity index (χ1v) is 8.61. The summed E-state index contributed by atoms with van der Waals surface area (Å²) in [7, 11) is 0. The minimum absolute atomic E-state index is 0.128. The summed E-state index contributed by atoms with van der Waals surface area (Å²) in [6, 6.07) is 11.8. The minimum atomic E-state index is -0.549. The van der Waals surface area contributed by atoms with Crippen LogP contribution >= 0.6 is 0 Å². The summed E-state index contributed by atoms with van der Waals surface area (Å²) in [4.78, 5) is 40.6. The summed E-state index contributed by atoms with van der Waals surface area (Å²) in [6.07, 6.45) is 2.87. The number of aromatic nitrogens is 4. The van der Waals surface area contributed by atoms with Gasteiger partial charge in [0.1, 0.15) is 18.8 Å². The molecule has 0 saturated carbocycles. The van der Waals surface area contributed by atoms with Crippen LogP contribution < -0.4 is 11.0 Å². The molecule has 0 aliphatic rings. The van der Waals surface area contributed by atoms with Gasteiger partial charge in [-0.1, -0.05) is 18.2 Å². The van der Waals surface area contributed by atoms with Crippen LogP contribution in [0.15, 0.2) is 64.4 Å². The molecule has 0 aliphatic carbocycles. The first-order valence-electron chi connectivity index (χ1n) is 8.61. The van der Waals surface area contributed by atoms with Gasteiger partial charge in [0.05, 0.1) is 17.4 Å². The molecule has 28 heavy (non-hydrogen) atoms. The Balaban J connectivity index is 1.52. The maximum Gasteiger partial charge on any atom is 0.328 e. The first kappa shape index (κ1) is 17.6. The molecule has 8 heteroatoms. The van der Waals surface area contributed by atoms with E-state index in [1.54, 1.807) is 36.5 Å². The Labute approximate surface area is 158 Å². The van der Waals surface area contributed by atoms with Crippen molar-refractivity contribution >= 4 is 22.5 Å². The lowest BCUT2D eigenvalue weighted by molar-refractivity contribution is -0.145. The lowest BCUT2D eigenvalue weighted by Crippen LogP contribution is -2.20. The smallest absolute Gasteiger partial charge is 0.328 e. The van der Waals surface area contributed by atoms with Crippen LogP contribution in [-0.2, 0) is 22.7 Å². The Morgan fingerprint density at radius 2 is 1.96 bits per heavy atom. The quantitative estimate of drug-likeness (QED) is 0.501. The molecule has 0 N–H and O–H groups in total. The van der Waals surface area contributed by atoms with E-state index in [0.29, 0.717) is 22.2 Å². The third kappa shape index (κ3) is 3.39. The molecule has 140 valence electrons. The van der Waals surface area contributed by atoms with Crippen LogP contribution in [0.2, 0.25) is 0 Å². The zero-order valence-corrected chi connectivity index (χ0v) is 15.0. The summed E-state index contributed by atoms with van der Waals surface area (Å²) in [5.74, 6) is -0.549. The molecule has 0 aliphatic heterocycles. The highest BCUT2D eigenvalue weighted by Crippen LogP contribution is 2.08. The Hall–Kier alpha value is -3.81. The van der Waals surface area contributed by atoms with Gasteiger partial charge in [-0.05, 0) is 30.7 Å². The molecule has 4 rings (SSSR count). The molecule has 1 aromatic carbocycles. The van der Waals surface area contributed by atoms with Crippen molar-refractivity contribution in [2.24, 2.45) is 0 Å². The SMILES string of the molecule is Cc1ccc2nc(COC(=O)Cn3ncc(=O)c4ccccc43)cc(=O)n2c1. The number of rotatable bonds is 4. The normalized spacial score (nSPS) is 11.0. The average Bonchev–Trinajstić information content (AvgIpc) is 2.69. The molecule has 0 fully saturated rings. The number of esters is 1. The number of benzene rings is 1. The van der Waals surface area contributed by atoms with Crippen molar-refractivity contribution in [2.75, 3.05) is 0 Å². The number of fused-ring (bicyclic) bond motifs is 2. The van der Waals surface area contributed by atoms with Crippen molar-refractivity contribution in [1.29, 1.82) is 0 Å². The Bertz CT molecular complexity index is 1320. The number of carbonyl (C=O) groups excluding carboxylic acids is 1. The van der Waals surface area contributed by atoms with Crippen molar-refractivity contribution in [1.82, 2.24) is 19.2 Å². The lowest BCUT2D eigenvalue weighted by atomic mass is 10.2. The number of ether oxygens (including phenoxy) is 1. The van der Waals surface area contributed by atoms with E-state index >= 15 is 0 Å². The second-order valence-corrected chi connectivity index (χ2v) is 6.36. The molecule has 0 atom stereocenters. The van der Waals surface area contributed by atoms with Gasteiger partial charge in [0, 0.05) is 17.6 Å². The molecule has 0 spiro atoms. The van der Waals surface area contributed by atoms with E-state index in [0.717, 1.165) is 5.56 Å². The van der Waals surface area contributed by atoms with Crippen LogP contribution in [0.1, 0.15) is 11.3 Å². The molecular weight excluding hydrogens is 360 g/mol. The van der Waals surface area contributed by atoms with Crippen molar-refractivity contribution in [3.05, 3.63) is 86.7 Å². The molecule has 0 radical (unpaired) electrons. The van der Waals surface area contributed by atoms with E-state index in [2.05, 4.69) is 10.1 Å². The number of pyridine rings is 1. The zero-order chi connectivity index (χ0) is 19.7. The van der Waals surface area contributed by atoms with Crippen LogP contribution in [0.5, 0.6) is 0 Å². The summed E-state index contributed by atoms with van der Waals surface area (Å²) < 4.78 is 8.10.